The Balaban J connectivity index is 2.17. The molecule has 3 rings (SSSR count). The maximum atomic E-state index is 12.6. The van der Waals surface area contributed by atoms with Gasteiger partial charge in [0, 0.05) is 16.2 Å². The van der Waals surface area contributed by atoms with Crippen molar-refractivity contribution < 1.29 is 9.53 Å². The van der Waals surface area contributed by atoms with Crippen LogP contribution in [0.5, 0.6) is 5.75 Å². The summed E-state index contributed by atoms with van der Waals surface area (Å²) in [6, 6.07) is 7.50. The molecule has 1 aromatic carbocycles. The minimum absolute atomic E-state index is 0.0165. The molecule has 20 heavy (non-hydrogen) atoms. The van der Waals surface area contributed by atoms with Crippen LogP contribution < -0.4 is 4.74 Å². The summed E-state index contributed by atoms with van der Waals surface area (Å²) >= 11 is 8.23. The molecule has 0 saturated heterocycles. The molecule has 0 spiro atoms. The average Bonchev–Trinajstić information content (AvgIpc) is 3.02. The second kappa shape index (κ2) is 5.35. The fraction of sp³-hybridized carbons (Fsp3) is 0.0714. The van der Waals surface area contributed by atoms with E-state index in [-0.39, 0.29) is 5.78 Å². The van der Waals surface area contributed by atoms with E-state index in [4.69, 9.17) is 4.74 Å². The largest absolute Gasteiger partial charge is 0.496 e. The summed E-state index contributed by atoms with van der Waals surface area (Å²) in [4.78, 5) is 16.4. The highest BCUT2D eigenvalue weighted by atomic mass is 79.9. The molecule has 0 aliphatic carbocycles. The van der Waals surface area contributed by atoms with Gasteiger partial charge in [0.1, 0.15) is 5.75 Å². The van der Waals surface area contributed by atoms with Crippen molar-refractivity contribution in [1.82, 2.24) is 4.98 Å². The number of H-pyrrole nitrogens is 1. The number of halogens is 2. The number of methoxy groups -OCH3 is 1. The maximum Gasteiger partial charge on any atom is 0.205 e. The Morgan fingerprint density at radius 3 is 2.80 bits per heavy atom. The predicted molar refractivity (Wildman–Crippen MR) is 88.0 cm³/mol. The van der Waals surface area contributed by atoms with Gasteiger partial charge in [-0.05, 0) is 50.1 Å². The first-order valence-corrected chi connectivity index (χ1v) is 8.15. The molecule has 6 heteroatoms. The molecule has 0 aliphatic rings. The summed E-state index contributed by atoms with van der Waals surface area (Å²) in [5.41, 5.74) is 1.51. The van der Waals surface area contributed by atoms with E-state index in [0.29, 0.717) is 16.2 Å². The van der Waals surface area contributed by atoms with Gasteiger partial charge in [0.2, 0.25) is 5.78 Å². The van der Waals surface area contributed by atoms with Crippen molar-refractivity contribution in [2.75, 3.05) is 7.11 Å². The lowest BCUT2D eigenvalue weighted by Gasteiger charge is -2.03. The van der Waals surface area contributed by atoms with Gasteiger partial charge in [-0.2, -0.15) is 0 Å². The third kappa shape index (κ3) is 2.21. The molecule has 0 saturated carbocycles. The van der Waals surface area contributed by atoms with Crippen molar-refractivity contribution in [3.05, 3.63) is 49.2 Å². The van der Waals surface area contributed by atoms with Gasteiger partial charge in [0.25, 0.3) is 0 Å². The van der Waals surface area contributed by atoms with E-state index in [1.54, 1.807) is 13.3 Å². The first kappa shape index (κ1) is 13.9. The number of ether oxygens (including phenoxy) is 1. The van der Waals surface area contributed by atoms with Crippen LogP contribution in [0.1, 0.15) is 15.2 Å². The van der Waals surface area contributed by atoms with Crippen molar-refractivity contribution in [2.45, 2.75) is 0 Å². The van der Waals surface area contributed by atoms with Crippen LogP contribution in [0, 0.1) is 0 Å². The number of thiophene rings is 1. The molecule has 0 atom stereocenters. The van der Waals surface area contributed by atoms with Crippen LogP contribution in [0.25, 0.3) is 10.9 Å². The molecule has 1 N–H and O–H groups in total. The van der Waals surface area contributed by atoms with Crippen molar-refractivity contribution in [3.8, 4) is 5.75 Å². The minimum atomic E-state index is -0.0165. The Kier molecular flexibility index (Phi) is 3.70. The number of benzene rings is 1. The Morgan fingerprint density at radius 2 is 2.15 bits per heavy atom. The third-order valence-corrected chi connectivity index (χ3v) is 6.26. The van der Waals surface area contributed by atoms with Gasteiger partial charge in [-0.3, -0.25) is 4.79 Å². The average molecular weight is 415 g/mol. The molecular formula is C14H9Br2NO2S. The Morgan fingerprint density at radius 1 is 1.35 bits per heavy atom. The molecular weight excluding hydrogens is 406 g/mol. The highest BCUT2D eigenvalue weighted by Crippen LogP contribution is 2.36. The van der Waals surface area contributed by atoms with Crippen LogP contribution in [-0.4, -0.2) is 17.9 Å². The Labute approximate surface area is 136 Å². The molecule has 102 valence electrons. The van der Waals surface area contributed by atoms with Gasteiger partial charge < -0.3 is 9.72 Å². The fourth-order valence-electron chi connectivity index (χ4n) is 2.09. The Bertz CT molecular complexity index is 787. The van der Waals surface area contributed by atoms with Gasteiger partial charge in [0.15, 0.2) is 0 Å². The molecule has 0 bridgehead atoms. The zero-order chi connectivity index (χ0) is 14.3. The molecule has 0 fully saturated rings. The number of fused-ring (bicyclic) bond motifs is 1. The molecule has 0 radical (unpaired) electrons. The first-order chi connectivity index (χ1) is 9.61. The first-order valence-electron chi connectivity index (χ1n) is 5.75. The SMILES string of the molecule is COc1cccc2[nH]cc(C(=O)c3cc(Br)c(Br)s3)c12. The van der Waals surface area contributed by atoms with E-state index < -0.39 is 0 Å². The van der Waals surface area contributed by atoms with Gasteiger partial charge in [-0.15, -0.1) is 11.3 Å². The zero-order valence-electron chi connectivity index (χ0n) is 10.4. The van der Waals surface area contributed by atoms with E-state index >= 15 is 0 Å². The van der Waals surface area contributed by atoms with Gasteiger partial charge >= 0.3 is 0 Å². The monoisotopic (exact) mass is 413 g/mol. The summed E-state index contributed by atoms with van der Waals surface area (Å²) in [6.45, 7) is 0. The van der Waals surface area contributed by atoms with Crippen LogP contribution in [0.15, 0.2) is 38.7 Å². The number of rotatable bonds is 3. The number of nitrogens with one attached hydrogen (secondary N) is 1. The lowest BCUT2D eigenvalue weighted by atomic mass is 10.1. The van der Waals surface area contributed by atoms with Crippen molar-refractivity contribution in [1.29, 1.82) is 0 Å². The van der Waals surface area contributed by atoms with Crippen molar-refractivity contribution in [2.24, 2.45) is 0 Å². The van der Waals surface area contributed by atoms with Crippen LogP contribution in [0.2, 0.25) is 0 Å². The number of hydrogen-bond donors (Lipinski definition) is 1. The maximum absolute atomic E-state index is 12.6. The molecule has 2 heterocycles. The molecule has 0 aliphatic heterocycles. The second-order valence-corrected chi connectivity index (χ2v) is 7.37. The number of aromatic amines is 1. The third-order valence-electron chi connectivity index (χ3n) is 3.00. The van der Waals surface area contributed by atoms with Crippen LogP contribution in [0.3, 0.4) is 0 Å². The van der Waals surface area contributed by atoms with E-state index in [1.165, 1.54) is 11.3 Å². The van der Waals surface area contributed by atoms with Gasteiger partial charge in [0.05, 0.1) is 26.7 Å². The molecule has 0 unspecified atom stereocenters. The number of hydrogen-bond acceptors (Lipinski definition) is 3. The molecule has 0 amide bonds. The van der Waals surface area contributed by atoms with E-state index in [1.807, 2.05) is 24.3 Å². The summed E-state index contributed by atoms with van der Waals surface area (Å²) in [5.74, 6) is 0.680. The standard InChI is InChI=1S/C14H9Br2NO2S/c1-19-10-4-2-3-9-12(10)7(6-17-9)13(18)11-5-8(15)14(16)20-11/h2-6,17H,1H3. The highest BCUT2D eigenvalue weighted by molar-refractivity contribution is 9.13. The van der Waals surface area contributed by atoms with E-state index in [9.17, 15) is 4.79 Å². The Hall–Kier alpha value is -1.11. The predicted octanol–water partition coefficient (Wildman–Crippen LogP) is 4.99. The molecule has 2 aromatic heterocycles. The quantitative estimate of drug-likeness (QED) is 0.613. The lowest BCUT2D eigenvalue weighted by molar-refractivity contribution is 0.104. The van der Waals surface area contributed by atoms with E-state index in [2.05, 4.69) is 36.8 Å². The zero-order valence-corrected chi connectivity index (χ0v) is 14.4. The summed E-state index contributed by atoms with van der Waals surface area (Å²) in [5, 5.41) is 0.820. The number of carbonyl (C=O) groups is 1. The second-order valence-electron chi connectivity index (χ2n) is 4.15. The summed E-state index contributed by atoms with van der Waals surface area (Å²) < 4.78 is 7.15. The smallest absolute Gasteiger partial charge is 0.205 e. The van der Waals surface area contributed by atoms with Crippen LogP contribution in [0.4, 0.5) is 0 Å². The molecule has 3 nitrogen and oxygen atoms in total. The molecule has 3 aromatic rings. The van der Waals surface area contributed by atoms with E-state index in [0.717, 1.165) is 19.2 Å². The van der Waals surface area contributed by atoms with Crippen LogP contribution >= 0.6 is 43.2 Å². The fourth-order valence-corrected chi connectivity index (χ4v) is 4.08. The topological polar surface area (TPSA) is 42.1 Å². The minimum Gasteiger partial charge on any atom is -0.496 e. The number of ketones is 1. The summed E-state index contributed by atoms with van der Waals surface area (Å²) in [6.07, 6.45) is 1.73. The van der Waals surface area contributed by atoms with Crippen molar-refractivity contribution in [3.63, 3.8) is 0 Å². The summed E-state index contributed by atoms with van der Waals surface area (Å²) in [7, 11) is 1.61. The van der Waals surface area contributed by atoms with Gasteiger partial charge in [-0.25, -0.2) is 0 Å². The van der Waals surface area contributed by atoms with Crippen molar-refractivity contribution >= 4 is 59.9 Å². The lowest BCUT2D eigenvalue weighted by Crippen LogP contribution is -1.98. The van der Waals surface area contributed by atoms with Crippen LogP contribution in [-0.2, 0) is 0 Å². The van der Waals surface area contributed by atoms with Gasteiger partial charge in [-0.1, -0.05) is 6.07 Å². The normalized spacial score (nSPS) is 10.9. The highest BCUT2D eigenvalue weighted by Gasteiger charge is 2.19. The number of carbonyl (C=O) groups excluding carboxylic acids is 1. The number of aromatic nitrogens is 1.